The third kappa shape index (κ3) is 4.17. The summed E-state index contributed by atoms with van der Waals surface area (Å²) in [5.41, 5.74) is 1.03. The van der Waals surface area contributed by atoms with Gasteiger partial charge in [-0.1, -0.05) is 11.8 Å². The van der Waals surface area contributed by atoms with Gasteiger partial charge < -0.3 is 13.9 Å². The summed E-state index contributed by atoms with van der Waals surface area (Å²) < 4.78 is 30.8. The van der Waals surface area contributed by atoms with Crippen molar-refractivity contribution in [2.45, 2.75) is 11.8 Å². The number of hydrogen-bond acceptors (Lipinski definition) is 7. The van der Waals surface area contributed by atoms with Crippen molar-refractivity contribution in [3.63, 3.8) is 0 Å². The van der Waals surface area contributed by atoms with E-state index >= 15 is 0 Å². The first-order valence-corrected chi connectivity index (χ1v) is 10.4. The molecule has 0 atom stereocenters. The zero-order valence-electron chi connectivity index (χ0n) is 16.6. The number of fused-ring (bicyclic) bond motifs is 1. The van der Waals surface area contributed by atoms with E-state index in [0.717, 1.165) is 0 Å². The van der Waals surface area contributed by atoms with Gasteiger partial charge in [-0.25, -0.2) is 19.0 Å². The van der Waals surface area contributed by atoms with Gasteiger partial charge >= 0.3 is 11.6 Å². The van der Waals surface area contributed by atoms with Gasteiger partial charge in [0, 0.05) is 28.8 Å². The monoisotopic (exact) mass is 440 g/mol. The lowest BCUT2D eigenvalue weighted by Crippen LogP contribution is -2.12. The number of carbonyl (C=O) groups excluding carboxylic acids is 1. The van der Waals surface area contributed by atoms with Gasteiger partial charge in [-0.3, -0.25) is 4.57 Å². The number of imidazole rings is 1. The Labute approximate surface area is 180 Å². The van der Waals surface area contributed by atoms with Crippen LogP contribution in [0, 0.1) is 5.82 Å². The highest BCUT2D eigenvalue weighted by atomic mass is 32.2. The summed E-state index contributed by atoms with van der Waals surface area (Å²) in [6.07, 6.45) is 3.22. The van der Waals surface area contributed by atoms with E-state index in [1.807, 2.05) is 6.26 Å². The Kier molecular flexibility index (Phi) is 5.77. The fourth-order valence-electron chi connectivity index (χ4n) is 3.14. The van der Waals surface area contributed by atoms with E-state index in [4.69, 9.17) is 13.9 Å². The molecule has 31 heavy (non-hydrogen) atoms. The highest BCUT2D eigenvalue weighted by molar-refractivity contribution is 7.98. The summed E-state index contributed by atoms with van der Waals surface area (Å²) in [5, 5.41) is 1.18. The highest BCUT2D eigenvalue weighted by Gasteiger charge is 2.20. The molecule has 4 aromatic rings. The molecule has 9 heteroatoms. The van der Waals surface area contributed by atoms with Crippen LogP contribution in [0.2, 0.25) is 0 Å². The molecule has 0 aliphatic heterocycles. The Balaban J connectivity index is 1.64. The second-order valence-corrected chi connectivity index (χ2v) is 7.24. The van der Waals surface area contributed by atoms with Gasteiger partial charge in [-0.15, -0.1) is 0 Å². The summed E-state index contributed by atoms with van der Waals surface area (Å²) in [7, 11) is 1.51. The second-order valence-electron chi connectivity index (χ2n) is 6.47. The predicted molar refractivity (Wildman–Crippen MR) is 113 cm³/mol. The third-order valence-corrected chi connectivity index (χ3v) is 5.26. The summed E-state index contributed by atoms with van der Waals surface area (Å²) >= 11 is 1.34. The maximum Gasteiger partial charge on any atom is 0.357 e. The zero-order chi connectivity index (χ0) is 22.0. The largest absolute Gasteiger partial charge is 0.497 e. The molecular formula is C22H17FN2O5S. The van der Waals surface area contributed by atoms with Crippen molar-refractivity contribution < 1.29 is 23.1 Å². The van der Waals surface area contributed by atoms with Crippen LogP contribution in [0.1, 0.15) is 16.1 Å². The van der Waals surface area contributed by atoms with E-state index in [-0.39, 0.29) is 18.1 Å². The third-order valence-electron chi connectivity index (χ3n) is 4.60. The lowest BCUT2D eigenvalue weighted by molar-refractivity contribution is 0.0463. The number of esters is 1. The van der Waals surface area contributed by atoms with Gasteiger partial charge in [0.05, 0.1) is 13.3 Å². The number of aromatic nitrogens is 2. The average molecular weight is 440 g/mol. The minimum absolute atomic E-state index is 0.142. The van der Waals surface area contributed by atoms with Crippen LogP contribution in [0.4, 0.5) is 4.39 Å². The number of benzene rings is 2. The Morgan fingerprint density at radius 2 is 1.97 bits per heavy atom. The fraction of sp³-hybridized carbons (Fsp3) is 0.136. The highest BCUT2D eigenvalue weighted by Crippen LogP contribution is 2.25. The fourth-order valence-corrected chi connectivity index (χ4v) is 3.68. The summed E-state index contributed by atoms with van der Waals surface area (Å²) in [5.74, 6) is -0.477. The van der Waals surface area contributed by atoms with Crippen molar-refractivity contribution >= 4 is 28.7 Å². The van der Waals surface area contributed by atoms with Gasteiger partial charge in [0.2, 0.25) is 0 Å². The molecule has 2 aromatic heterocycles. The number of ether oxygens (including phenoxy) is 2. The standard InChI is InChI=1S/C22H17FN2O5S/c1-28-16-7-8-17-13(9-20(26)30-19(17)10-16)12-29-21(27)18-11-24-22(31-2)25(18)15-5-3-14(23)4-6-15/h3-11H,12H2,1-2H3. The van der Waals surface area contributed by atoms with E-state index in [9.17, 15) is 14.0 Å². The van der Waals surface area contributed by atoms with Gasteiger partial charge in [0.25, 0.3) is 0 Å². The van der Waals surface area contributed by atoms with Crippen molar-refractivity contribution in [1.29, 1.82) is 0 Å². The lowest BCUT2D eigenvalue weighted by Gasteiger charge is -2.11. The van der Waals surface area contributed by atoms with Gasteiger partial charge in [-0.2, -0.15) is 0 Å². The maximum absolute atomic E-state index is 13.3. The minimum atomic E-state index is -0.632. The summed E-state index contributed by atoms with van der Waals surface area (Å²) in [4.78, 5) is 29.0. The molecule has 0 N–H and O–H groups in total. The van der Waals surface area contributed by atoms with Crippen molar-refractivity contribution in [2.24, 2.45) is 0 Å². The molecule has 0 fully saturated rings. The van der Waals surface area contributed by atoms with Crippen LogP contribution >= 0.6 is 11.8 Å². The van der Waals surface area contributed by atoms with Crippen LogP contribution in [0.5, 0.6) is 5.75 Å². The first-order chi connectivity index (χ1) is 15.0. The summed E-state index contributed by atoms with van der Waals surface area (Å²) in [6.45, 7) is -0.142. The van der Waals surface area contributed by atoms with E-state index in [0.29, 0.717) is 33.1 Å². The number of halogens is 1. The molecule has 0 unspecified atom stereocenters. The quantitative estimate of drug-likeness (QED) is 0.252. The van der Waals surface area contributed by atoms with Gasteiger partial charge in [-0.05, 0) is 42.7 Å². The maximum atomic E-state index is 13.3. The number of nitrogens with zero attached hydrogens (tertiary/aromatic N) is 2. The molecule has 4 rings (SSSR count). The molecule has 0 spiro atoms. The van der Waals surface area contributed by atoms with Crippen molar-refractivity contribution in [3.8, 4) is 11.4 Å². The van der Waals surface area contributed by atoms with Crippen LogP contribution < -0.4 is 10.4 Å². The predicted octanol–water partition coefficient (Wildman–Crippen LogP) is 4.21. The van der Waals surface area contributed by atoms with Crippen molar-refractivity contribution in [3.05, 3.63) is 82.2 Å². The van der Waals surface area contributed by atoms with E-state index in [1.54, 1.807) is 34.9 Å². The number of rotatable bonds is 6. The van der Waals surface area contributed by atoms with Crippen LogP contribution in [-0.2, 0) is 11.3 Å². The SMILES string of the molecule is COc1ccc2c(COC(=O)c3cnc(SC)n3-c3ccc(F)cc3)cc(=O)oc2c1. The van der Waals surface area contributed by atoms with E-state index in [2.05, 4.69) is 4.98 Å². The molecule has 0 aliphatic carbocycles. The first-order valence-electron chi connectivity index (χ1n) is 9.15. The molecule has 7 nitrogen and oxygen atoms in total. The zero-order valence-corrected chi connectivity index (χ0v) is 17.4. The van der Waals surface area contributed by atoms with Crippen LogP contribution in [0.15, 0.2) is 69.1 Å². The van der Waals surface area contributed by atoms with E-state index < -0.39 is 11.6 Å². The number of thioether (sulfide) groups is 1. The molecule has 0 radical (unpaired) electrons. The second kappa shape index (κ2) is 8.65. The smallest absolute Gasteiger partial charge is 0.357 e. The Morgan fingerprint density at radius 3 is 2.68 bits per heavy atom. The molecule has 0 saturated carbocycles. The normalized spacial score (nSPS) is 10.9. The number of carbonyl (C=O) groups is 1. The molecule has 2 aromatic carbocycles. The molecule has 0 amide bonds. The molecule has 0 saturated heterocycles. The minimum Gasteiger partial charge on any atom is -0.497 e. The Hall–Kier alpha value is -3.59. The Bertz CT molecular complexity index is 1310. The molecule has 2 heterocycles. The topological polar surface area (TPSA) is 83.6 Å². The lowest BCUT2D eigenvalue weighted by atomic mass is 10.1. The van der Waals surface area contributed by atoms with E-state index in [1.165, 1.54) is 43.3 Å². The van der Waals surface area contributed by atoms with Crippen LogP contribution in [-0.4, -0.2) is 28.9 Å². The van der Waals surface area contributed by atoms with Gasteiger partial charge in [0.15, 0.2) is 10.9 Å². The molecule has 0 bridgehead atoms. The van der Waals surface area contributed by atoms with Crippen molar-refractivity contribution in [1.82, 2.24) is 9.55 Å². The first kappa shape index (κ1) is 20.7. The van der Waals surface area contributed by atoms with Crippen molar-refractivity contribution in [2.75, 3.05) is 13.4 Å². The molecular weight excluding hydrogens is 423 g/mol. The summed E-state index contributed by atoms with van der Waals surface area (Å²) in [6, 6.07) is 12.0. The van der Waals surface area contributed by atoms with Crippen LogP contribution in [0.25, 0.3) is 16.7 Å². The van der Waals surface area contributed by atoms with Gasteiger partial charge in [0.1, 0.15) is 23.8 Å². The molecule has 158 valence electrons. The molecule has 0 aliphatic rings. The number of hydrogen-bond donors (Lipinski definition) is 0. The Morgan fingerprint density at radius 1 is 1.19 bits per heavy atom. The average Bonchev–Trinajstić information content (AvgIpc) is 3.21. The number of methoxy groups -OCH3 is 1. The van der Waals surface area contributed by atoms with Crippen LogP contribution in [0.3, 0.4) is 0 Å².